The van der Waals surface area contributed by atoms with Crippen molar-refractivity contribution in [3.63, 3.8) is 0 Å². The minimum atomic E-state index is 0.956. The number of nitrogens with one attached hydrogen (secondary N) is 1. The molecule has 6 rings (SSSR count). The quantitative estimate of drug-likeness (QED) is 0.346. The van der Waals surface area contributed by atoms with Crippen LogP contribution in [0.2, 0.25) is 0 Å². The normalized spacial score (nSPS) is 11.2. The molecule has 0 saturated heterocycles. The number of rotatable bonds is 3. The summed E-state index contributed by atoms with van der Waals surface area (Å²) in [6, 6.07) is 35.3. The van der Waals surface area contributed by atoms with Gasteiger partial charge in [0.05, 0.1) is 28.1 Å². The Morgan fingerprint density at radius 2 is 1.10 bits per heavy atom. The summed E-state index contributed by atoms with van der Waals surface area (Å²) in [5.41, 5.74) is 8.40. The summed E-state index contributed by atoms with van der Waals surface area (Å²) in [4.78, 5) is 13.2. The van der Waals surface area contributed by atoms with Gasteiger partial charge in [0.25, 0.3) is 0 Å². The van der Waals surface area contributed by atoms with E-state index in [2.05, 4.69) is 76.7 Å². The first kappa shape index (κ1) is 17.6. The smallest absolute Gasteiger partial charge is 0.0730 e. The predicted octanol–water partition coefficient (Wildman–Crippen LogP) is 7.11. The summed E-state index contributed by atoms with van der Waals surface area (Å²) in [6.45, 7) is 0. The fourth-order valence-electron chi connectivity index (χ4n) is 4.25. The van der Waals surface area contributed by atoms with Gasteiger partial charge in [0.1, 0.15) is 0 Å². The molecule has 0 radical (unpaired) electrons. The Labute approximate surface area is 180 Å². The van der Waals surface area contributed by atoms with E-state index in [9.17, 15) is 0 Å². The second-order valence-electron chi connectivity index (χ2n) is 7.57. The van der Waals surface area contributed by atoms with Crippen LogP contribution in [0.4, 0.5) is 0 Å². The lowest BCUT2D eigenvalue weighted by Crippen LogP contribution is -1.88. The number of H-pyrrole nitrogens is 1. The molecule has 3 heterocycles. The first-order valence-electron chi connectivity index (χ1n) is 10.4. The number of fused-ring (bicyclic) bond motifs is 3. The van der Waals surface area contributed by atoms with Crippen LogP contribution in [0.15, 0.2) is 109 Å². The van der Waals surface area contributed by atoms with E-state index >= 15 is 0 Å². The molecule has 0 aliphatic carbocycles. The third-order valence-corrected chi connectivity index (χ3v) is 5.70. The summed E-state index contributed by atoms with van der Waals surface area (Å²) in [5.74, 6) is 0. The third kappa shape index (κ3) is 2.99. The van der Waals surface area contributed by atoms with Crippen molar-refractivity contribution in [1.29, 1.82) is 0 Å². The van der Waals surface area contributed by atoms with Gasteiger partial charge >= 0.3 is 0 Å². The maximum absolute atomic E-state index is 4.98. The van der Waals surface area contributed by atoms with Gasteiger partial charge in [0.2, 0.25) is 0 Å². The van der Waals surface area contributed by atoms with E-state index in [1.54, 1.807) is 0 Å². The summed E-state index contributed by atoms with van der Waals surface area (Å²) >= 11 is 0. The maximum Gasteiger partial charge on any atom is 0.0730 e. The molecule has 0 aliphatic rings. The summed E-state index contributed by atoms with van der Waals surface area (Å²) in [6.07, 6.45) is 1.83. The second kappa shape index (κ2) is 7.22. The monoisotopic (exact) mass is 397 g/mol. The Balaban J connectivity index is 1.58. The topological polar surface area (TPSA) is 41.6 Å². The van der Waals surface area contributed by atoms with Crippen LogP contribution in [-0.4, -0.2) is 15.0 Å². The first-order valence-corrected chi connectivity index (χ1v) is 10.4. The van der Waals surface area contributed by atoms with E-state index in [1.165, 1.54) is 10.8 Å². The van der Waals surface area contributed by atoms with Gasteiger partial charge in [-0.05, 0) is 24.3 Å². The number of pyridine rings is 2. The van der Waals surface area contributed by atoms with Crippen LogP contribution in [0, 0.1) is 0 Å². The Morgan fingerprint density at radius 3 is 1.81 bits per heavy atom. The number of aromatic nitrogens is 3. The number of hydrogen-bond donors (Lipinski definition) is 1. The number of nitrogens with zero attached hydrogens (tertiary/aromatic N) is 2. The van der Waals surface area contributed by atoms with Crippen molar-refractivity contribution in [3.8, 4) is 33.8 Å². The SMILES string of the molecule is c1ccc(-c2cccc(-c3cccc4c3[nH]c3c(-c5ccccn5)cccc34)n2)cc1. The molecule has 3 aromatic heterocycles. The van der Waals surface area contributed by atoms with Gasteiger partial charge in [-0.1, -0.05) is 78.9 Å². The average Bonchev–Trinajstić information content (AvgIpc) is 3.24. The molecule has 1 N–H and O–H groups in total. The van der Waals surface area contributed by atoms with Crippen LogP contribution in [0.5, 0.6) is 0 Å². The molecule has 0 saturated carbocycles. The standard InChI is InChI=1S/C28H19N3/c1-2-9-19(10-3-1)24-16-8-17-26(30-24)23-14-7-12-21-20-11-6-13-22(27(20)31-28(21)23)25-15-4-5-18-29-25/h1-18,31H. The van der Waals surface area contributed by atoms with Gasteiger partial charge in [0, 0.05) is 33.7 Å². The van der Waals surface area contributed by atoms with Crippen molar-refractivity contribution >= 4 is 21.8 Å². The van der Waals surface area contributed by atoms with Crippen molar-refractivity contribution in [2.45, 2.75) is 0 Å². The number of benzene rings is 3. The van der Waals surface area contributed by atoms with Crippen molar-refractivity contribution in [3.05, 3.63) is 109 Å². The minimum absolute atomic E-state index is 0.956. The maximum atomic E-state index is 4.98. The fraction of sp³-hybridized carbons (Fsp3) is 0. The molecule has 0 atom stereocenters. The van der Waals surface area contributed by atoms with Crippen molar-refractivity contribution < 1.29 is 0 Å². The lowest BCUT2D eigenvalue weighted by molar-refractivity contribution is 1.32. The van der Waals surface area contributed by atoms with Crippen LogP contribution < -0.4 is 0 Å². The molecular formula is C28H19N3. The number of hydrogen-bond acceptors (Lipinski definition) is 2. The third-order valence-electron chi connectivity index (χ3n) is 5.70. The fourth-order valence-corrected chi connectivity index (χ4v) is 4.25. The Morgan fingerprint density at radius 1 is 0.484 bits per heavy atom. The Kier molecular flexibility index (Phi) is 4.10. The average molecular weight is 397 g/mol. The van der Waals surface area contributed by atoms with E-state index in [4.69, 9.17) is 4.98 Å². The van der Waals surface area contributed by atoms with Crippen LogP contribution in [0.3, 0.4) is 0 Å². The highest BCUT2D eigenvalue weighted by Crippen LogP contribution is 2.36. The molecule has 0 amide bonds. The van der Waals surface area contributed by atoms with Gasteiger partial charge in [0.15, 0.2) is 0 Å². The van der Waals surface area contributed by atoms with E-state index < -0.39 is 0 Å². The highest BCUT2D eigenvalue weighted by atomic mass is 14.8. The zero-order valence-corrected chi connectivity index (χ0v) is 16.8. The van der Waals surface area contributed by atoms with E-state index in [1.807, 2.05) is 42.6 Å². The lowest BCUT2D eigenvalue weighted by Gasteiger charge is -2.06. The summed E-state index contributed by atoms with van der Waals surface area (Å²) < 4.78 is 0. The van der Waals surface area contributed by atoms with Crippen LogP contribution in [-0.2, 0) is 0 Å². The molecule has 146 valence electrons. The van der Waals surface area contributed by atoms with Crippen LogP contribution in [0.1, 0.15) is 0 Å². The molecule has 3 aromatic carbocycles. The molecule has 31 heavy (non-hydrogen) atoms. The van der Waals surface area contributed by atoms with Gasteiger partial charge < -0.3 is 4.98 Å². The highest BCUT2D eigenvalue weighted by Gasteiger charge is 2.14. The lowest BCUT2D eigenvalue weighted by atomic mass is 10.0. The molecule has 0 aliphatic heterocycles. The zero-order valence-electron chi connectivity index (χ0n) is 16.8. The van der Waals surface area contributed by atoms with Gasteiger partial charge in [-0.25, -0.2) is 4.98 Å². The van der Waals surface area contributed by atoms with Crippen molar-refractivity contribution in [1.82, 2.24) is 15.0 Å². The van der Waals surface area contributed by atoms with Gasteiger partial charge in [-0.15, -0.1) is 0 Å². The molecule has 0 spiro atoms. The molecule has 0 bridgehead atoms. The second-order valence-corrected chi connectivity index (χ2v) is 7.57. The highest BCUT2D eigenvalue weighted by molar-refractivity contribution is 6.14. The van der Waals surface area contributed by atoms with Crippen molar-refractivity contribution in [2.24, 2.45) is 0 Å². The van der Waals surface area contributed by atoms with Crippen LogP contribution in [0.25, 0.3) is 55.6 Å². The largest absolute Gasteiger partial charge is 0.353 e. The van der Waals surface area contributed by atoms with Gasteiger partial charge in [-0.2, -0.15) is 0 Å². The summed E-state index contributed by atoms with van der Waals surface area (Å²) in [7, 11) is 0. The molecular weight excluding hydrogens is 378 g/mol. The van der Waals surface area contributed by atoms with E-state index in [0.29, 0.717) is 0 Å². The molecule has 3 heteroatoms. The predicted molar refractivity (Wildman–Crippen MR) is 128 cm³/mol. The number of aromatic amines is 1. The number of para-hydroxylation sites is 2. The minimum Gasteiger partial charge on any atom is -0.353 e. The summed E-state index contributed by atoms with van der Waals surface area (Å²) in [5, 5.41) is 2.39. The molecule has 0 fully saturated rings. The van der Waals surface area contributed by atoms with Crippen LogP contribution >= 0.6 is 0 Å². The Hall–Kier alpha value is -4.24. The molecule has 0 unspecified atom stereocenters. The Bertz CT molecular complexity index is 1520. The van der Waals surface area contributed by atoms with Gasteiger partial charge in [-0.3, -0.25) is 4.98 Å². The zero-order chi connectivity index (χ0) is 20.6. The van der Waals surface area contributed by atoms with E-state index in [-0.39, 0.29) is 0 Å². The van der Waals surface area contributed by atoms with E-state index in [0.717, 1.165) is 44.8 Å². The first-order chi connectivity index (χ1) is 15.4. The van der Waals surface area contributed by atoms with Crippen molar-refractivity contribution in [2.75, 3.05) is 0 Å². The molecule has 3 nitrogen and oxygen atoms in total. The molecule has 6 aromatic rings.